The summed E-state index contributed by atoms with van der Waals surface area (Å²) in [5, 5.41) is 22.3. The molecule has 0 aromatic carbocycles. The highest BCUT2D eigenvalue weighted by Crippen LogP contribution is 2.66. The van der Waals surface area contributed by atoms with Crippen molar-refractivity contribution in [2.24, 2.45) is 28.6 Å². The van der Waals surface area contributed by atoms with E-state index in [1.54, 1.807) is 13.0 Å². The first-order valence-corrected chi connectivity index (χ1v) is 13.0. The van der Waals surface area contributed by atoms with Crippen molar-refractivity contribution in [3.63, 3.8) is 0 Å². The predicted octanol–water partition coefficient (Wildman–Crippen LogP) is 1.52. The van der Waals surface area contributed by atoms with Crippen LogP contribution in [0.1, 0.15) is 71.6 Å². The second-order valence-electron chi connectivity index (χ2n) is 11.6. The van der Waals surface area contributed by atoms with Crippen molar-refractivity contribution in [2.75, 3.05) is 13.2 Å². The third-order valence-corrected chi connectivity index (χ3v) is 9.63. The maximum absolute atomic E-state index is 13.6. The minimum atomic E-state index is -1.81. The van der Waals surface area contributed by atoms with Gasteiger partial charge >= 0.3 is 11.9 Å². The average molecular weight is 518 g/mol. The van der Waals surface area contributed by atoms with Crippen molar-refractivity contribution < 1.29 is 43.7 Å². The number of carboxylic acids is 1. The van der Waals surface area contributed by atoms with Gasteiger partial charge in [-0.3, -0.25) is 28.8 Å². The van der Waals surface area contributed by atoms with Crippen LogP contribution >= 0.6 is 0 Å². The summed E-state index contributed by atoms with van der Waals surface area (Å²) in [6.45, 7) is 2.65. The van der Waals surface area contributed by atoms with Gasteiger partial charge in [-0.1, -0.05) is 19.4 Å². The number of nitrogens with one attached hydrogen (secondary N) is 1. The molecule has 3 saturated carbocycles. The average Bonchev–Trinajstić information content (AvgIpc) is 3.11. The summed E-state index contributed by atoms with van der Waals surface area (Å²) >= 11 is 0. The molecule has 0 heterocycles. The number of ether oxygens (including phenoxy) is 1. The van der Waals surface area contributed by atoms with Crippen molar-refractivity contribution in [1.29, 1.82) is 0 Å². The topological polar surface area (TPSA) is 164 Å². The van der Waals surface area contributed by atoms with Gasteiger partial charge in [0.15, 0.2) is 12.4 Å². The highest BCUT2D eigenvalue weighted by atomic mass is 16.5. The quantitative estimate of drug-likeness (QED) is 0.405. The van der Waals surface area contributed by atoms with E-state index in [0.29, 0.717) is 19.3 Å². The molecular weight excluding hydrogens is 482 g/mol. The SMILES string of the molecule is C[C@]12CCC(=O)C=C1CC[C@H]1[C@H]2C(=O)C[C@@]2(C)[C@@H]1CC[C@]2(O)C(=O)COC(=O)CCC(=O)NCC(=O)O. The van der Waals surface area contributed by atoms with Gasteiger partial charge in [-0.15, -0.1) is 0 Å². The van der Waals surface area contributed by atoms with E-state index in [1.807, 2.05) is 0 Å². The molecule has 0 bridgehead atoms. The molecule has 1 amide bonds. The standard InChI is InChI=1S/C27H35NO9/c1-25-9-7-16(29)11-15(25)3-4-17-18-8-10-27(36,26(18,2)12-19(30)24(17)25)20(31)14-37-23(35)6-5-21(32)28-13-22(33)34/h11,17-18,24,36H,3-10,12-14H2,1-2H3,(H,28,32)(H,33,34)/t17-,18-,24+,25+,26+,27+/m1/s1. The normalized spacial score (nSPS) is 36.5. The van der Waals surface area contributed by atoms with Crippen molar-refractivity contribution in [3.05, 3.63) is 11.6 Å². The fourth-order valence-corrected chi connectivity index (χ4v) is 7.66. The minimum Gasteiger partial charge on any atom is -0.480 e. The Morgan fingerprint density at radius 2 is 1.81 bits per heavy atom. The van der Waals surface area contributed by atoms with Crippen LogP contribution in [0.25, 0.3) is 0 Å². The Kier molecular flexibility index (Phi) is 7.18. The van der Waals surface area contributed by atoms with Crippen LogP contribution in [0.4, 0.5) is 0 Å². The van der Waals surface area contributed by atoms with Gasteiger partial charge in [-0.05, 0) is 55.4 Å². The molecule has 6 atom stereocenters. The molecule has 0 aromatic heterocycles. The summed E-state index contributed by atoms with van der Waals surface area (Å²) in [6.07, 6.45) is 4.43. The molecule has 3 fully saturated rings. The van der Waals surface area contributed by atoms with Gasteiger partial charge in [0.25, 0.3) is 0 Å². The molecule has 202 valence electrons. The second kappa shape index (κ2) is 9.78. The van der Waals surface area contributed by atoms with Crippen molar-refractivity contribution in [3.8, 4) is 0 Å². The first-order valence-electron chi connectivity index (χ1n) is 13.0. The van der Waals surface area contributed by atoms with Crippen LogP contribution in [0, 0.1) is 28.6 Å². The Morgan fingerprint density at radius 1 is 1.08 bits per heavy atom. The number of aliphatic carboxylic acids is 1. The van der Waals surface area contributed by atoms with Crippen LogP contribution in [-0.4, -0.2) is 64.2 Å². The van der Waals surface area contributed by atoms with E-state index < -0.39 is 47.8 Å². The van der Waals surface area contributed by atoms with E-state index in [4.69, 9.17) is 9.84 Å². The Morgan fingerprint density at radius 3 is 2.51 bits per heavy atom. The lowest BCUT2D eigenvalue weighted by molar-refractivity contribution is -0.173. The minimum absolute atomic E-state index is 0.00953. The number of hydrogen-bond acceptors (Lipinski definition) is 8. The Labute approximate surface area is 215 Å². The first kappa shape index (κ1) is 27.2. The van der Waals surface area contributed by atoms with Gasteiger partial charge in [-0.25, -0.2) is 0 Å². The summed E-state index contributed by atoms with van der Waals surface area (Å²) in [5.41, 5.74) is -2.11. The van der Waals surface area contributed by atoms with Crippen molar-refractivity contribution >= 4 is 35.2 Å². The molecule has 4 rings (SSSR count). The molecule has 4 aliphatic carbocycles. The van der Waals surface area contributed by atoms with Crippen LogP contribution in [0.5, 0.6) is 0 Å². The molecule has 0 radical (unpaired) electrons. The molecule has 37 heavy (non-hydrogen) atoms. The molecule has 3 N–H and O–H groups in total. The van der Waals surface area contributed by atoms with E-state index in [-0.39, 0.29) is 60.4 Å². The summed E-state index contributed by atoms with van der Waals surface area (Å²) in [4.78, 5) is 73.0. The van der Waals surface area contributed by atoms with Gasteiger partial charge < -0.3 is 20.3 Å². The molecule has 10 heteroatoms. The highest BCUT2D eigenvalue weighted by molar-refractivity contribution is 5.95. The van der Waals surface area contributed by atoms with Crippen LogP contribution in [0.2, 0.25) is 0 Å². The number of fused-ring (bicyclic) bond motifs is 5. The fourth-order valence-electron chi connectivity index (χ4n) is 7.66. The molecule has 4 aliphatic rings. The number of hydrogen-bond donors (Lipinski definition) is 3. The lowest BCUT2D eigenvalue weighted by Crippen LogP contribution is -2.61. The van der Waals surface area contributed by atoms with Crippen molar-refractivity contribution in [2.45, 2.75) is 77.2 Å². The molecule has 10 nitrogen and oxygen atoms in total. The maximum Gasteiger partial charge on any atom is 0.322 e. The third kappa shape index (κ3) is 4.64. The van der Waals surface area contributed by atoms with Crippen LogP contribution in [0.15, 0.2) is 11.6 Å². The molecular formula is C27H35NO9. The first-order chi connectivity index (χ1) is 17.3. The number of rotatable bonds is 8. The van der Waals surface area contributed by atoms with Gasteiger partial charge in [-0.2, -0.15) is 0 Å². The Bertz CT molecular complexity index is 1080. The zero-order valence-corrected chi connectivity index (χ0v) is 21.3. The summed E-state index contributed by atoms with van der Waals surface area (Å²) in [6, 6.07) is 0. The number of ketones is 3. The lowest BCUT2D eigenvalue weighted by Gasteiger charge is -2.57. The highest BCUT2D eigenvalue weighted by Gasteiger charge is 2.68. The number of carbonyl (C=O) groups is 6. The fraction of sp³-hybridized carbons (Fsp3) is 0.704. The third-order valence-electron chi connectivity index (χ3n) is 9.63. The van der Waals surface area contributed by atoms with Gasteiger partial charge in [0.05, 0.1) is 6.42 Å². The van der Waals surface area contributed by atoms with Crippen LogP contribution < -0.4 is 5.32 Å². The zero-order chi connectivity index (χ0) is 27.2. The Balaban J connectivity index is 1.42. The number of Topliss-reactive ketones (excluding diaryl/α,β-unsaturated/α-hetero) is 2. The zero-order valence-electron chi connectivity index (χ0n) is 21.3. The van der Waals surface area contributed by atoms with E-state index in [1.165, 1.54) is 0 Å². The molecule has 0 unspecified atom stereocenters. The maximum atomic E-state index is 13.6. The monoisotopic (exact) mass is 517 g/mol. The summed E-state index contributed by atoms with van der Waals surface area (Å²) in [7, 11) is 0. The van der Waals surface area contributed by atoms with E-state index in [2.05, 4.69) is 12.2 Å². The summed E-state index contributed by atoms with van der Waals surface area (Å²) < 4.78 is 5.04. The largest absolute Gasteiger partial charge is 0.480 e. The second-order valence-corrected chi connectivity index (χ2v) is 11.6. The number of allylic oxidation sites excluding steroid dienone is 1. The number of carbonyl (C=O) groups excluding carboxylic acids is 5. The smallest absolute Gasteiger partial charge is 0.322 e. The molecule has 0 aromatic rings. The van der Waals surface area contributed by atoms with E-state index >= 15 is 0 Å². The van der Waals surface area contributed by atoms with Crippen LogP contribution in [0.3, 0.4) is 0 Å². The van der Waals surface area contributed by atoms with Crippen LogP contribution in [-0.2, 0) is 33.5 Å². The van der Waals surface area contributed by atoms with E-state index in [0.717, 1.165) is 18.4 Å². The predicted molar refractivity (Wildman–Crippen MR) is 128 cm³/mol. The lowest BCUT2D eigenvalue weighted by atomic mass is 9.46. The van der Waals surface area contributed by atoms with Gasteiger partial charge in [0, 0.05) is 30.6 Å². The molecule has 0 saturated heterocycles. The summed E-state index contributed by atoms with van der Waals surface area (Å²) in [5.74, 6) is -3.46. The Hall–Kier alpha value is -2.88. The van der Waals surface area contributed by atoms with E-state index in [9.17, 15) is 33.9 Å². The van der Waals surface area contributed by atoms with Gasteiger partial charge in [0.1, 0.15) is 17.9 Å². The number of carboxylic acid groups (broad SMARTS) is 1. The number of aliphatic hydroxyl groups is 1. The van der Waals surface area contributed by atoms with Crippen molar-refractivity contribution in [1.82, 2.24) is 5.32 Å². The molecule has 0 aliphatic heterocycles. The number of esters is 1. The number of amides is 1. The van der Waals surface area contributed by atoms with Gasteiger partial charge in [0.2, 0.25) is 11.7 Å². The molecule has 0 spiro atoms.